The molecule has 8 heteroatoms. The number of Topliss-reactive ketones (excluding diaryl/α,β-unsaturated/α-hetero) is 1. The molecule has 0 aliphatic carbocycles. The first kappa shape index (κ1) is 19.2. The second kappa shape index (κ2) is 8.46. The van der Waals surface area contributed by atoms with Crippen LogP contribution in [0.2, 0.25) is 0 Å². The normalized spacial score (nSPS) is 15.4. The zero-order valence-corrected chi connectivity index (χ0v) is 17.1. The van der Waals surface area contributed by atoms with E-state index in [1.165, 1.54) is 11.8 Å². The Labute approximate surface area is 168 Å². The van der Waals surface area contributed by atoms with Crippen molar-refractivity contribution in [1.82, 2.24) is 24.2 Å². The lowest BCUT2D eigenvalue weighted by Gasteiger charge is -2.26. The lowest BCUT2D eigenvalue weighted by atomic mass is 10.1. The molecular weight excluding hydrogens is 374 g/mol. The van der Waals surface area contributed by atoms with Gasteiger partial charge in [-0.1, -0.05) is 30.0 Å². The van der Waals surface area contributed by atoms with Gasteiger partial charge in [-0.25, -0.2) is 0 Å². The molecule has 148 valence electrons. The number of aromatic nitrogens is 4. The van der Waals surface area contributed by atoms with Crippen molar-refractivity contribution < 1.29 is 9.53 Å². The van der Waals surface area contributed by atoms with Gasteiger partial charge in [0.05, 0.1) is 25.5 Å². The molecule has 1 aliphatic heterocycles. The Morgan fingerprint density at radius 2 is 2.00 bits per heavy atom. The number of carbonyl (C=O) groups is 1. The van der Waals surface area contributed by atoms with Crippen LogP contribution in [0.4, 0.5) is 0 Å². The van der Waals surface area contributed by atoms with E-state index in [-0.39, 0.29) is 5.78 Å². The van der Waals surface area contributed by atoms with E-state index < -0.39 is 0 Å². The molecular formula is C20H25N5O2S. The molecule has 3 heterocycles. The van der Waals surface area contributed by atoms with Crippen molar-refractivity contribution in [1.29, 1.82) is 0 Å². The molecule has 1 saturated heterocycles. The molecule has 0 N–H and O–H groups in total. The molecule has 0 amide bonds. The number of hydrogen-bond donors (Lipinski definition) is 0. The third-order valence-electron chi connectivity index (χ3n) is 5.11. The van der Waals surface area contributed by atoms with Crippen molar-refractivity contribution in [2.75, 3.05) is 32.1 Å². The molecule has 0 spiro atoms. The van der Waals surface area contributed by atoms with Crippen LogP contribution in [0.3, 0.4) is 0 Å². The first-order valence-electron chi connectivity index (χ1n) is 9.59. The quantitative estimate of drug-likeness (QED) is 0.449. The maximum Gasteiger partial charge on any atom is 0.191 e. The van der Waals surface area contributed by atoms with E-state index in [0.717, 1.165) is 66.8 Å². The molecule has 2 aromatic heterocycles. The standard InChI is InChI=1S/C20H25N5O2S/c1-3-25-19(13-24-8-10-27-11-9-24)21-22-20(25)28-14-18(26)16-12-23(2)17-7-5-4-6-15(16)17/h4-7,12H,3,8-11,13-14H2,1-2H3. The molecule has 0 bridgehead atoms. The Hall–Kier alpha value is -2.16. The van der Waals surface area contributed by atoms with E-state index in [1.54, 1.807) is 0 Å². The highest BCUT2D eigenvalue weighted by atomic mass is 32.2. The molecule has 4 rings (SSSR count). The first-order chi connectivity index (χ1) is 13.7. The average molecular weight is 400 g/mol. The molecule has 7 nitrogen and oxygen atoms in total. The summed E-state index contributed by atoms with van der Waals surface area (Å²) in [6.07, 6.45) is 1.92. The van der Waals surface area contributed by atoms with Crippen molar-refractivity contribution in [2.45, 2.75) is 25.2 Å². The van der Waals surface area contributed by atoms with Crippen LogP contribution in [0.15, 0.2) is 35.6 Å². The van der Waals surface area contributed by atoms with Gasteiger partial charge < -0.3 is 13.9 Å². The van der Waals surface area contributed by atoms with Crippen LogP contribution in [0.5, 0.6) is 0 Å². The van der Waals surface area contributed by atoms with Gasteiger partial charge in [0, 0.05) is 49.3 Å². The maximum absolute atomic E-state index is 12.9. The van der Waals surface area contributed by atoms with Crippen molar-refractivity contribution >= 4 is 28.4 Å². The minimum atomic E-state index is 0.113. The third kappa shape index (κ3) is 3.85. The van der Waals surface area contributed by atoms with Gasteiger partial charge in [-0.2, -0.15) is 0 Å². The summed E-state index contributed by atoms with van der Waals surface area (Å²) in [5.41, 5.74) is 1.84. The third-order valence-corrected chi connectivity index (χ3v) is 6.07. The summed E-state index contributed by atoms with van der Waals surface area (Å²) >= 11 is 1.46. The maximum atomic E-state index is 12.9. The Bertz CT molecular complexity index is 974. The van der Waals surface area contributed by atoms with Crippen LogP contribution in [-0.4, -0.2) is 62.1 Å². The highest BCUT2D eigenvalue weighted by Crippen LogP contribution is 2.24. The highest BCUT2D eigenvalue weighted by Gasteiger charge is 2.19. The summed E-state index contributed by atoms with van der Waals surface area (Å²) in [7, 11) is 1.97. The van der Waals surface area contributed by atoms with Gasteiger partial charge in [-0.05, 0) is 13.0 Å². The van der Waals surface area contributed by atoms with Crippen LogP contribution >= 0.6 is 11.8 Å². The topological polar surface area (TPSA) is 65.2 Å². The zero-order valence-electron chi connectivity index (χ0n) is 16.3. The molecule has 0 unspecified atom stereocenters. The second-order valence-electron chi connectivity index (χ2n) is 6.91. The number of thioether (sulfide) groups is 1. The van der Waals surface area contributed by atoms with Crippen LogP contribution in [0.1, 0.15) is 23.1 Å². The van der Waals surface area contributed by atoms with Crippen molar-refractivity contribution in [3.05, 3.63) is 41.9 Å². The predicted molar refractivity (Wildman–Crippen MR) is 110 cm³/mol. The lowest BCUT2D eigenvalue weighted by molar-refractivity contribution is 0.0325. The minimum Gasteiger partial charge on any atom is -0.379 e. The van der Waals surface area contributed by atoms with Crippen LogP contribution < -0.4 is 0 Å². The summed E-state index contributed by atoms with van der Waals surface area (Å²) in [6.45, 7) is 7.00. The van der Waals surface area contributed by atoms with Crippen LogP contribution in [0, 0.1) is 0 Å². The number of ketones is 1. The number of ether oxygens (including phenoxy) is 1. The lowest BCUT2D eigenvalue weighted by Crippen LogP contribution is -2.36. The molecule has 0 saturated carbocycles. The molecule has 1 fully saturated rings. The number of carbonyl (C=O) groups excluding carboxylic acids is 1. The number of rotatable bonds is 7. The van der Waals surface area contributed by atoms with Crippen LogP contribution in [0.25, 0.3) is 10.9 Å². The predicted octanol–water partition coefficient (Wildman–Crippen LogP) is 2.60. The van der Waals surface area contributed by atoms with E-state index in [9.17, 15) is 4.79 Å². The SMILES string of the molecule is CCn1c(CN2CCOCC2)nnc1SCC(=O)c1cn(C)c2ccccc12. The van der Waals surface area contributed by atoms with Gasteiger partial charge in [-0.3, -0.25) is 9.69 Å². The smallest absolute Gasteiger partial charge is 0.191 e. The van der Waals surface area contributed by atoms with Gasteiger partial charge >= 0.3 is 0 Å². The van der Waals surface area contributed by atoms with E-state index >= 15 is 0 Å². The number of fused-ring (bicyclic) bond motifs is 1. The molecule has 28 heavy (non-hydrogen) atoms. The fourth-order valence-electron chi connectivity index (χ4n) is 3.59. The molecule has 1 aliphatic rings. The van der Waals surface area contributed by atoms with E-state index in [4.69, 9.17) is 4.74 Å². The monoisotopic (exact) mass is 399 g/mol. The molecule has 3 aromatic rings. The summed E-state index contributed by atoms with van der Waals surface area (Å²) in [6, 6.07) is 8.00. The Morgan fingerprint density at radius 3 is 2.79 bits per heavy atom. The number of morpholine rings is 1. The Balaban J connectivity index is 1.46. The van der Waals surface area contributed by atoms with Crippen molar-refractivity contribution in [3.8, 4) is 0 Å². The number of para-hydroxylation sites is 1. The van der Waals surface area contributed by atoms with Crippen molar-refractivity contribution in [3.63, 3.8) is 0 Å². The van der Waals surface area contributed by atoms with Gasteiger partial charge in [0.1, 0.15) is 5.82 Å². The zero-order chi connectivity index (χ0) is 19.5. The van der Waals surface area contributed by atoms with Crippen molar-refractivity contribution in [2.24, 2.45) is 7.05 Å². The fraction of sp³-hybridized carbons (Fsp3) is 0.450. The number of benzene rings is 1. The minimum absolute atomic E-state index is 0.113. The molecule has 0 atom stereocenters. The number of hydrogen-bond acceptors (Lipinski definition) is 6. The van der Waals surface area contributed by atoms with E-state index in [2.05, 4.69) is 26.6 Å². The van der Waals surface area contributed by atoms with Gasteiger partial charge in [-0.15, -0.1) is 10.2 Å². The summed E-state index contributed by atoms with van der Waals surface area (Å²) < 4.78 is 9.52. The average Bonchev–Trinajstić information content (AvgIpc) is 3.27. The number of aryl methyl sites for hydroxylation is 1. The fourth-order valence-corrected chi connectivity index (χ4v) is 4.50. The van der Waals surface area contributed by atoms with E-state index in [1.807, 2.05) is 42.1 Å². The second-order valence-corrected chi connectivity index (χ2v) is 7.86. The Morgan fingerprint density at radius 1 is 1.21 bits per heavy atom. The van der Waals surface area contributed by atoms with Gasteiger partial charge in [0.2, 0.25) is 0 Å². The number of nitrogens with zero attached hydrogens (tertiary/aromatic N) is 5. The summed E-state index contributed by atoms with van der Waals surface area (Å²) in [5, 5.41) is 10.5. The summed E-state index contributed by atoms with van der Waals surface area (Å²) in [4.78, 5) is 15.2. The first-order valence-corrected chi connectivity index (χ1v) is 10.6. The Kier molecular flexibility index (Phi) is 5.79. The summed E-state index contributed by atoms with van der Waals surface area (Å²) in [5.74, 6) is 1.41. The molecule has 0 radical (unpaired) electrons. The van der Waals surface area contributed by atoms with Crippen LogP contribution in [-0.2, 0) is 24.9 Å². The largest absolute Gasteiger partial charge is 0.379 e. The van der Waals surface area contributed by atoms with Gasteiger partial charge in [0.15, 0.2) is 10.9 Å². The highest BCUT2D eigenvalue weighted by molar-refractivity contribution is 7.99. The van der Waals surface area contributed by atoms with E-state index in [0.29, 0.717) is 5.75 Å². The molecule has 1 aromatic carbocycles. The van der Waals surface area contributed by atoms with Gasteiger partial charge in [0.25, 0.3) is 0 Å².